The van der Waals surface area contributed by atoms with Gasteiger partial charge in [0.2, 0.25) is 0 Å². The quantitative estimate of drug-likeness (QED) is 0.598. The number of carboxylic acid groups (broad SMARTS) is 1. The van der Waals surface area contributed by atoms with Crippen LogP contribution in [0.2, 0.25) is 0 Å². The summed E-state index contributed by atoms with van der Waals surface area (Å²) in [6, 6.07) is 6.61. The molecule has 0 radical (unpaired) electrons. The van der Waals surface area contributed by atoms with E-state index in [2.05, 4.69) is 32.7 Å². The van der Waals surface area contributed by atoms with Gasteiger partial charge < -0.3 is 10.4 Å². The van der Waals surface area contributed by atoms with Crippen LogP contribution < -0.4 is 5.32 Å². The molecule has 2 N–H and O–H groups in total. The molecule has 21 heavy (non-hydrogen) atoms. The Morgan fingerprint density at radius 3 is 2.29 bits per heavy atom. The van der Waals surface area contributed by atoms with Gasteiger partial charge in [-0.15, -0.1) is 6.58 Å². The van der Waals surface area contributed by atoms with Gasteiger partial charge in [-0.2, -0.15) is 0 Å². The van der Waals surface area contributed by atoms with Crippen LogP contribution in [0.4, 0.5) is 0 Å². The third-order valence-corrected chi connectivity index (χ3v) is 3.24. The molecule has 1 atom stereocenters. The minimum atomic E-state index is -1.00. The lowest BCUT2D eigenvalue weighted by atomic mass is 9.86. The Balaban J connectivity index is 2.92. The van der Waals surface area contributed by atoms with Crippen molar-refractivity contribution in [2.45, 2.75) is 38.6 Å². The lowest BCUT2D eigenvalue weighted by Gasteiger charge is -2.20. The fraction of sp³-hybridized carbons (Fsp3) is 0.412. The van der Waals surface area contributed by atoms with Crippen LogP contribution in [0.3, 0.4) is 0 Å². The minimum Gasteiger partial charge on any atom is -0.481 e. The maximum Gasteiger partial charge on any atom is 0.305 e. The third kappa shape index (κ3) is 5.16. The number of hydrogen-bond donors (Lipinski definition) is 2. The number of carbonyl (C=O) groups excluding carboxylic acids is 1. The van der Waals surface area contributed by atoms with Crippen molar-refractivity contribution in [3.8, 4) is 0 Å². The van der Waals surface area contributed by atoms with Crippen molar-refractivity contribution < 1.29 is 14.7 Å². The molecule has 0 aromatic heterocycles. The van der Waals surface area contributed by atoms with E-state index in [1.54, 1.807) is 18.2 Å². The van der Waals surface area contributed by atoms with Gasteiger partial charge in [-0.05, 0) is 11.0 Å². The highest BCUT2D eigenvalue weighted by Crippen LogP contribution is 2.22. The summed E-state index contributed by atoms with van der Waals surface area (Å²) in [5, 5.41) is 11.8. The summed E-state index contributed by atoms with van der Waals surface area (Å²) < 4.78 is 0. The Morgan fingerprint density at radius 2 is 1.86 bits per heavy atom. The second kappa shape index (κ2) is 7.18. The normalized spacial score (nSPS) is 12.7. The number of carbonyl (C=O) groups is 2. The van der Waals surface area contributed by atoms with Gasteiger partial charge >= 0.3 is 5.97 Å². The fourth-order valence-corrected chi connectivity index (χ4v) is 1.99. The minimum absolute atomic E-state index is 0.0170. The number of aliphatic carboxylic acids is 1. The van der Waals surface area contributed by atoms with Crippen molar-refractivity contribution in [1.82, 2.24) is 5.32 Å². The van der Waals surface area contributed by atoms with Gasteiger partial charge in [0.05, 0.1) is 12.5 Å². The Hall–Kier alpha value is -1.94. The van der Waals surface area contributed by atoms with Crippen LogP contribution in [-0.2, 0) is 10.2 Å². The number of Topliss-reactive ketones (excluding diaryl/α,β-unsaturated/α-hetero) is 1. The van der Waals surface area contributed by atoms with Gasteiger partial charge in [-0.1, -0.05) is 51.1 Å². The van der Waals surface area contributed by atoms with E-state index in [1.807, 2.05) is 12.1 Å². The van der Waals surface area contributed by atoms with E-state index in [-0.39, 0.29) is 17.6 Å². The summed E-state index contributed by atoms with van der Waals surface area (Å²) in [5.74, 6) is -1.21. The Kier molecular flexibility index (Phi) is 5.85. The van der Waals surface area contributed by atoms with Crippen LogP contribution >= 0.6 is 0 Å². The van der Waals surface area contributed by atoms with Crippen molar-refractivity contribution in [3.05, 3.63) is 48.0 Å². The molecule has 0 aliphatic heterocycles. The average molecular weight is 289 g/mol. The highest BCUT2D eigenvalue weighted by molar-refractivity contribution is 6.01. The van der Waals surface area contributed by atoms with Gasteiger partial charge in [-0.3, -0.25) is 9.59 Å². The Labute approximate surface area is 125 Å². The molecule has 0 fully saturated rings. The molecule has 0 heterocycles. The molecule has 1 aromatic rings. The van der Waals surface area contributed by atoms with E-state index in [0.29, 0.717) is 12.1 Å². The van der Waals surface area contributed by atoms with E-state index >= 15 is 0 Å². The molecule has 0 amide bonds. The molecule has 1 unspecified atom stereocenters. The summed E-state index contributed by atoms with van der Waals surface area (Å²) in [5.41, 5.74) is 1.67. The van der Waals surface area contributed by atoms with Crippen molar-refractivity contribution in [1.29, 1.82) is 0 Å². The molecule has 1 aromatic carbocycles. The van der Waals surface area contributed by atoms with Gasteiger partial charge in [0, 0.05) is 12.1 Å². The van der Waals surface area contributed by atoms with Crippen LogP contribution in [0.1, 0.15) is 43.1 Å². The van der Waals surface area contributed by atoms with Crippen LogP contribution in [0, 0.1) is 0 Å². The Morgan fingerprint density at radius 1 is 1.29 bits per heavy atom. The van der Waals surface area contributed by atoms with Crippen molar-refractivity contribution in [3.63, 3.8) is 0 Å². The molecule has 114 valence electrons. The van der Waals surface area contributed by atoms with Crippen molar-refractivity contribution in [2.75, 3.05) is 6.54 Å². The lowest BCUT2D eigenvalue weighted by Crippen LogP contribution is -2.38. The van der Waals surface area contributed by atoms with Gasteiger partial charge in [0.25, 0.3) is 0 Å². The molecular weight excluding hydrogens is 266 g/mol. The summed E-state index contributed by atoms with van der Waals surface area (Å²) in [7, 11) is 0. The largest absolute Gasteiger partial charge is 0.481 e. The first-order chi connectivity index (χ1) is 9.75. The second-order valence-corrected chi connectivity index (χ2v) is 6.04. The first kappa shape index (κ1) is 17.1. The monoisotopic (exact) mass is 289 g/mol. The van der Waals surface area contributed by atoms with Crippen LogP contribution in [0.15, 0.2) is 36.9 Å². The zero-order chi connectivity index (χ0) is 16.0. The topological polar surface area (TPSA) is 66.4 Å². The molecule has 0 spiro atoms. The molecule has 0 bridgehead atoms. The van der Waals surface area contributed by atoms with Gasteiger partial charge in [0.1, 0.15) is 0 Å². The van der Waals surface area contributed by atoms with Gasteiger partial charge in [-0.25, -0.2) is 0 Å². The third-order valence-electron chi connectivity index (χ3n) is 3.24. The van der Waals surface area contributed by atoms with Crippen LogP contribution in [0.5, 0.6) is 0 Å². The number of nitrogens with one attached hydrogen (secondary N) is 1. The summed E-state index contributed by atoms with van der Waals surface area (Å²) >= 11 is 0. The molecule has 0 aliphatic carbocycles. The van der Waals surface area contributed by atoms with Gasteiger partial charge in [0.15, 0.2) is 5.78 Å². The Bertz CT molecular complexity index is 512. The van der Waals surface area contributed by atoms with Crippen molar-refractivity contribution >= 4 is 11.8 Å². The zero-order valence-corrected chi connectivity index (χ0v) is 12.8. The second-order valence-electron chi connectivity index (χ2n) is 6.04. The number of ketones is 1. The number of rotatable bonds is 7. The number of hydrogen-bond acceptors (Lipinski definition) is 3. The van der Waals surface area contributed by atoms with E-state index < -0.39 is 12.0 Å². The fourth-order valence-electron chi connectivity index (χ4n) is 1.99. The first-order valence-corrected chi connectivity index (χ1v) is 6.96. The smallest absolute Gasteiger partial charge is 0.305 e. The van der Waals surface area contributed by atoms with E-state index in [1.165, 1.54) is 0 Å². The van der Waals surface area contributed by atoms with E-state index in [4.69, 9.17) is 5.11 Å². The SMILES string of the molecule is C=CCNC(CC(=O)O)C(=O)c1ccc(C(C)(C)C)cc1. The predicted molar refractivity (Wildman–Crippen MR) is 83.7 cm³/mol. The standard InChI is InChI=1S/C17H23NO3/c1-5-10-18-14(11-15(19)20)16(21)12-6-8-13(9-7-12)17(2,3)4/h5-9,14,18H,1,10-11H2,2-4H3,(H,19,20). The summed E-state index contributed by atoms with van der Waals surface area (Å²) in [6.07, 6.45) is 1.36. The number of carboxylic acids is 1. The molecule has 0 saturated heterocycles. The van der Waals surface area contributed by atoms with E-state index in [0.717, 1.165) is 5.56 Å². The first-order valence-electron chi connectivity index (χ1n) is 6.96. The average Bonchev–Trinajstić information content (AvgIpc) is 2.41. The van der Waals surface area contributed by atoms with Crippen molar-refractivity contribution in [2.24, 2.45) is 0 Å². The maximum atomic E-state index is 12.4. The molecule has 4 nitrogen and oxygen atoms in total. The van der Waals surface area contributed by atoms with E-state index in [9.17, 15) is 9.59 Å². The van der Waals surface area contributed by atoms with Crippen LogP contribution in [0.25, 0.3) is 0 Å². The lowest BCUT2D eigenvalue weighted by molar-refractivity contribution is -0.137. The molecule has 0 saturated carbocycles. The highest BCUT2D eigenvalue weighted by atomic mass is 16.4. The predicted octanol–water partition coefficient (Wildman–Crippen LogP) is 2.79. The summed E-state index contributed by atoms with van der Waals surface area (Å²) in [4.78, 5) is 23.3. The zero-order valence-electron chi connectivity index (χ0n) is 12.8. The molecule has 4 heteroatoms. The molecular formula is C17H23NO3. The number of benzene rings is 1. The van der Waals surface area contributed by atoms with Crippen LogP contribution in [-0.4, -0.2) is 29.4 Å². The maximum absolute atomic E-state index is 12.4. The summed E-state index contributed by atoms with van der Waals surface area (Å²) in [6.45, 7) is 10.3. The molecule has 0 aliphatic rings. The molecule has 1 rings (SSSR count). The highest BCUT2D eigenvalue weighted by Gasteiger charge is 2.22.